The van der Waals surface area contributed by atoms with Crippen LogP contribution in [0.25, 0.3) is 0 Å². The monoisotopic (exact) mass is 247 g/mol. The number of hydrogen-bond donors (Lipinski definition) is 0. The minimum Gasteiger partial charge on any atom is -0.487 e. The van der Waals surface area contributed by atoms with Crippen molar-refractivity contribution in [3.05, 3.63) is 36.4 Å². The Morgan fingerprint density at radius 1 is 1.00 bits per heavy atom. The van der Waals surface area contributed by atoms with Gasteiger partial charge in [-0.25, -0.2) is 0 Å². The summed E-state index contributed by atoms with van der Waals surface area (Å²) in [6.45, 7) is 15.4. The summed E-state index contributed by atoms with van der Waals surface area (Å²) in [6, 6.07) is 8.49. The highest BCUT2D eigenvalue weighted by molar-refractivity contribution is 5.32. The maximum absolute atomic E-state index is 5.50. The molecule has 0 fully saturated rings. The van der Waals surface area contributed by atoms with Crippen LogP contribution in [-0.2, 0) is 5.41 Å². The normalized spacial score (nSPS) is 12.6. The number of hydrogen-bond acceptors (Lipinski definition) is 1. The van der Waals surface area contributed by atoms with Crippen molar-refractivity contribution in [1.82, 2.24) is 0 Å². The first-order chi connectivity index (χ1) is 8.24. The van der Waals surface area contributed by atoms with Crippen molar-refractivity contribution in [2.24, 2.45) is 5.41 Å². The molecule has 1 aromatic rings. The van der Waals surface area contributed by atoms with Crippen LogP contribution < -0.4 is 4.74 Å². The minimum atomic E-state index is 0.200. The van der Waals surface area contributed by atoms with Gasteiger partial charge in [-0.1, -0.05) is 53.7 Å². The van der Waals surface area contributed by atoms with Crippen LogP contribution in [0.2, 0.25) is 0 Å². The van der Waals surface area contributed by atoms with Crippen LogP contribution in [0.1, 0.15) is 59.9 Å². The van der Waals surface area contributed by atoms with E-state index >= 15 is 0 Å². The third kappa shape index (κ3) is 4.72. The molecule has 1 aromatic carbocycles. The predicted octanol–water partition coefficient (Wildman–Crippen LogP) is 5.35. The summed E-state index contributed by atoms with van der Waals surface area (Å²) >= 11 is 0. The van der Waals surface area contributed by atoms with Crippen molar-refractivity contribution >= 4 is 0 Å². The van der Waals surface area contributed by atoms with Crippen LogP contribution in [0, 0.1) is 12.0 Å². The van der Waals surface area contributed by atoms with Crippen molar-refractivity contribution in [3.8, 4) is 5.75 Å². The molecule has 1 heteroatoms. The Labute approximate surface area is 113 Å². The second-order valence-electron chi connectivity index (χ2n) is 6.84. The molecule has 0 aromatic heterocycles. The van der Waals surface area contributed by atoms with Gasteiger partial charge in [0.15, 0.2) is 0 Å². The highest BCUT2D eigenvalue weighted by atomic mass is 16.5. The molecular weight excluding hydrogens is 220 g/mol. The molecule has 0 aliphatic carbocycles. The molecule has 1 radical (unpaired) electrons. The Bertz CT molecular complexity index is 354. The summed E-state index contributed by atoms with van der Waals surface area (Å²) in [4.78, 5) is 0. The SMILES string of the molecule is CC[CH]Oc1ccc(C(C)(C)CC(C)(C)C)cc1. The molecule has 101 valence electrons. The molecule has 0 unspecified atom stereocenters. The molecule has 0 aliphatic heterocycles. The van der Waals surface area contributed by atoms with Gasteiger partial charge in [-0.3, -0.25) is 0 Å². The highest BCUT2D eigenvalue weighted by Crippen LogP contribution is 2.36. The van der Waals surface area contributed by atoms with E-state index in [0.717, 1.165) is 12.2 Å². The highest BCUT2D eigenvalue weighted by Gasteiger charge is 2.27. The van der Waals surface area contributed by atoms with Gasteiger partial charge >= 0.3 is 0 Å². The van der Waals surface area contributed by atoms with E-state index in [9.17, 15) is 0 Å². The van der Waals surface area contributed by atoms with Crippen LogP contribution in [0.3, 0.4) is 0 Å². The molecule has 0 saturated carbocycles. The third-order valence-corrected chi connectivity index (χ3v) is 2.99. The molecule has 18 heavy (non-hydrogen) atoms. The number of rotatable bonds is 5. The Morgan fingerprint density at radius 3 is 2.00 bits per heavy atom. The molecule has 0 aliphatic rings. The second-order valence-corrected chi connectivity index (χ2v) is 6.84. The topological polar surface area (TPSA) is 9.23 Å². The maximum atomic E-state index is 5.50. The summed E-state index contributed by atoms with van der Waals surface area (Å²) < 4.78 is 5.50. The molecule has 0 amide bonds. The van der Waals surface area contributed by atoms with E-state index in [1.165, 1.54) is 12.0 Å². The van der Waals surface area contributed by atoms with Crippen LogP contribution in [-0.4, -0.2) is 0 Å². The minimum absolute atomic E-state index is 0.200. The Morgan fingerprint density at radius 2 is 1.56 bits per heavy atom. The molecule has 0 spiro atoms. The van der Waals surface area contributed by atoms with Crippen molar-refractivity contribution in [1.29, 1.82) is 0 Å². The largest absolute Gasteiger partial charge is 0.487 e. The lowest BCUT2D eigenvalue weighted by molar-refractivity contribution is 0.284. The van der Waals surface area contributed by atoms with Gasteiger partial charge in [0.2, 0.25) is 0 Å². The second kappa shape index (κ2) is 5.77. The zero-order valence-electron chi connectivity index (χ0n) is 12.7. The predicted molar refractivity (Wildman–Crippen MR) is 78.8 cm³/mol. The van der Waals surface area contributed by atoms with Gasteiger partial charge in [-0.2, -0.15) is 0 Å². The van der Waals surface area contributed by atoms with Crippen LogP contribution in [0.15, 0.2) is 24.3 Å². The molecule has 0 heterocycles. The molecule has 0 saturated heterocycles. The zero-order chi connectivity index (χ0) is 13.8. The van der Waals surface area contributed by atoms with Crippen molar-refractivity contribution < 1.29 is 4.74 Å². The first kappa shape index (κ1) is 15.1. The molecule has 0 bridgehead atoms. The average Bonchev–Trinajstić information content (AvgIpc) is 2.23. The number of ether oxygens (including phenoxy) is 1. The molecule has 0 N–H and O–H groups in total. The van der Waals surface area contributed by atoms with Crippen LogP contribution in [0.5, 0.6) is 5.75 Å². The quantitative estimate of drug-likeness (QED) is 0.681. The zero-order valence-corrected chi connectivity index (χ0v) is 12.7. The smallest absolute Gasteiger partial charge is 0.135 e. The Hall–Kier alpha value is -0.980. The van der Waals surface area contributed by atoms with Crippen LogP contribution in [0.4, 0.5) is 0 Å². The molecular formula is C17H27O. The van der Waals surface area contributed by atoms with Gasteiger partial charge in [0.1, 0.15) is 12.4 Å². The van der Waals surface area contributed by atoms with Gasteiger partial charge in [-0.05, 0) is 41.4 Å². The fraction of sp³-hybridized carbons (Fsp3) is 0.588. The first-order valence-corrected chi connectivity index (χ1v) is 6.83. The Balaban J connectivity index is 2.77. The molecule has 1 rings (SSSR count). The lowest BCUT2D eigenvalue weighted by Crippen LogP contribution is -2.24. The van der Waals surface area contributed by atoms with Crippen molar-refractivity contribution in [2.75, 3.05) is 0 Å². The summed E-state index contributed by atoms with van der Waals surface area (Å²) in [6.07, 6.45) is 2.10. The van der Waals surface area contributed by atoms with Crippen molar-refractivity contribution in [2.45, 2.75) is 59.8 Å². The summed E-state index contributed by atoms with van der Waals surface area (Å²) in [5.74, 6) is 0.923. The average molecular weight is 247 g/mol. The fourth-order valence-electron chi connectivity index (χ4n) is 2.59. The van der Waals surface area contributed by atoms with E-state index in [1.54, 1.807) is 0 Å². The van der Waals surface area contributed by atoms with Gasteiger partial charge < -0.3 is 4.74 Å². The van der Waals surface area contributed by atoms with Crippen molar-refractivity contribution in [3.63, 3.8) is 0 Å². The fourth-order valence-corrected chi connectivity index (χ4v) is 2.59. The van der Waals surface area contributed by atoms with E-state index in [1.807, 2.05) is 6.61 Å². The molecule has 0 atom stereocenters. The van der Waals surface area contributed by atoms with Crippen LogP contribution >= 0.6 is 0 Å². The number of benzene rings is 1. The van der Waals surface area contributed by atoms with Gasteiger partial charge in [0.05, 0.1) is 0 Å². The van der Waals surface area contributed by atoms with E-state index in [2.05, 4.69) is 65.8 Å². The maximum Gasteiger partial charge on any atom is 0.135 e. The third-order valence-electron chi connectivity index (χ3n) is 2.99. The van der Waals surface area contributed by atoms with E-state index in [-0.39, 0.29) is 5.41 Å². The van der Waals surface area contributed by atoms with E-state index in [0.29, 0.717) is 5.41 Å². The Kier molecular flexibility index (Phi) is 4.84. The lowest BCUT2D eigenvalue weighted by Gasteiger charge is -2.33. The van der Waals surface area contributed by atoms with E-state index in [4.69, 9.17) is 4.74 Å². The van der Waals surface area contributed by atoms with Gasteiger partial charge in [0.25, 0.3) is 0 Å². The summed E-state index contributed by atoms with van der Waals surface area (Å²) in [5.41, 5.74) is 1.92. The van der Waals surface area contributed by atoms with Gasteiger partial charge in [-0.15, -0.1) is 0 Å². The molecule has 1 nitrogen and oxygen atoms in total. The summed E-state index contributed by atoms with van der Waals surface area (Å²) in [5, 5.41) is 0. The van der Waals surface area contributed by atoms with Gasteiger partial charge in [0, 0.05) is 0 Å². The lowest BCUT2D eigenvalue weighted by atomic mass is 9.72. The summed E-state index contributed by atoms with van der Waals surface area (Å²) in [7, 11) is 0. The first-order valence-electron chi connectivity index (χ1n) is 6.83. The standard InChI is InChI=1S/C17H27O/c1-7-12-18-15-10-8-14(9-11-15)17(5,6)13-16(2,3)4/h8-12H,7,13H2,1-6H3. The van der Waals surface area contributed by atoms with E-state index < -0.39 is 0 Å².